The number of pyridine rings is 1. The molecule has 2 aromatic rings. The molecule has 0 N–H and O–H groups in total. The standard InChI is InChI=1S/C15H12F3NO3/c16-15(17,18)12-6-7-13(20)19(8-12)9-14(21)22-10-11-4-2-1-3-5-11/h1-8H,9-10H2. The molecule has 22 heavy (non-hydrogen) atoms. The van der Waals surface area contributed by atoms with Gasteiger partial charge in [-0.3, -0.25) is 9.59 Å². The van der Waals surface area contributed by atoms with Gasteiger partial charge in [0.25, 0.3) is 5.56 Å². The maximum atomic E-state index is 12.6. The molecule has 1 aromatic heterocycles. The van der Waals surface area contributed by atoms with E-state index < -0.39 is 29.8 Å². The Morgan fingerprint density at radius 2 is 1.77 bits per heavy atom. The van der Waals surface area contributed by atoms with Gasteiger partial charge in [-0.25, -0.2) is 0 Å². The molecule has 0 aliphatic carbocycles. The number of carbonyl (C=O) groups is 1. The van der Waals surface area contributed by atoms with Crippen molar-refractivity contribution in [3.63, 3.8) is 0 Å². The van der Waals surface area contributed by atoms with Crippen LogP contribution < -0.4 is 5.56 Å². The van der Waals surface area contributed by atoms with Gasteiger partial charge in [-0.1, -0.05) is 30.3 Å². The molecule has 116 valence electrons. The minimum atomic E-state index is -4.58. The van der Waals surface area contributed by atoms with Crippen molar-refractivity contribution in [3.8, 4) is 0 Å². The molecule has 2 rings (SSSR count). The van der Waals surface area contributed by atoms with Crippen molar-refractivity contribution in [2.45, 2.75) is 19.3 Å². The molecule has 0 bridgehead atoms. The van der Waals surface area contributed by atoms with Gasteiger partial charge in [0.05, 0.1) is 5.56 Å². The van der Waals surface area contributed by atoms with Crippen LogP contribution in [0.5, 0.6) is 0 Å². The molecule has 1 aromatic carbocycles. The van der Waals surface area contributed by atoms with Crippen molar-refractivity contribution in [2.75, 3.05) is 0 Å². The second kappa shape index (κ2) is 6.46. The highest BCUT2D eigenvalue weighted by Crippen LogP contribution is 2.27. The number of carbonyl (C=O) groups excluding carboxylic acids is 1. The zero-order chi connectivity index (χ0) is 16.2. The Kier molecular flexibility index (Phi) is 4.65. The second-order valence-electron chi connectivity index (χ2n) is 4.53. The van der Waals surface area contributed by atoms with Crippen LogP contribution in [0.25, 0.3) is 0 Å². The van der Waals surface area contributed by atoms with Crippen molar-refractivity contribution in [1.29, 1.82) is 0 Å². The van der Waals surface area contributed by atoms with Gasteiger partial charge in [0.1, 0.15) is 13.2 Å². The third kappa shape index (κ3) is 4.21. The summed E-state index contributed by atoms with van der Waals surface area (Å²) >= 11 is 0. The summed E-state index contributed by atoms with van der Waals surface area (Å²) in [6.07, 6.45) is -3.98. The normalized spacial score (nSPS) is 11.2. The first-order valence-corrected chi connectivity index (χ1v) is 6.33. The third-order valence-corrected chi connectivity index (χ3v) is 2.85. The van der Waals surface area contributed by atoms with Gasteiger partial charge in [-0.2, -0.15) is 13.2 Å². The van der Waals surface area contributed by atoms with E-state index in [0.29, 0.717) is 16.8 Å². The molecule has 7 heteroatoms. The topological polar surface area (TPSA) is 48.3 Å². The van der Waals surface area contributed by atoms with E-state index in [4.69, 9.17) is 4.74 Å². The fourth-order valence-electron chi connectivity index (χ4n) is 1.75. The van der Waals surface area contributed by atoms with Gasteiger partial charge >= 0.3 is 12.1 Å². The first-order chi connectivity index (χ1) is 10.4. The molecular weight excluding hydrogens is 299 g/mol. The van der Waals surface area contributed by atoms with E-state index in [1.165, 1.54) is 0 Å². The van der Waals surface area contributed by atoms with Crippen LogP contribution in [0.1, 0.15) is 11.1 Å². The monoisotopic (exact) mass is 311 g/mol. The van der Waals surface area contributed by atoms with E-state index >= 15 is 0 Å². The van der Waals surface area contributed by atoms with Crippen molar-refractivity contribution in [1.82, 2.24) is 4.57 Å². The lowest BCUT2D eigenvalue weighted by molar-refractivity contribution is -0.146. The van der Waals surface area contributed by atoms with Crippen LogP contribution in [-0.2, 0) is 28.9 Å². The Labute approximate surface area is 123 Å². The Balaban J connectivity index is 2.04. The summed E-state index contributed by atoms with van der Waals surface area (Å²) in [4.78, 5) is 23.1. The van der Waals surface area contributed by atoms with Gasteiger partial charge in [-0.05, 0) is 11.6 Å². The fourth-order valence-corrected chi connectivity index (χ4v) is 1.75. The van der Waals surface area contributed by atoms with E-state index in [0.717, 1.165) is 11.6 Å². The number of ether oxygens (including phenoxy) is 1. The number of esters is 1. The highest BCUT2D eigenvalue weighted by molar-refractivity contribution is 5.69. The molecule has 4 nitrogen and oxygen atoms in total. The Bertz CT molecular complexity index is 708. The van der Waals surface area contributed by atoms with Crippen molar-refractivity contribution >= 4 is 5.97 Å². The van der Waals surface area contributed by atoms with Crippen LogP contribution in [0.15, 0.2) is 53.5 Å². The lowest BCUT2D eigenvalue weighted by atomic mass is 10.2. The maximum absolute atomic E-state index is 12.6. The van der Waals surface area contributed by atoms with E-state index in [1.54, 1.807) is 30.3 Å². The average Bonchev–Trinajstić information content (AvgIpc) is 2.47. The first kappa shape index (κ1) is 15.8. The van der Waals surface area contributed by atoms with Gasteiger partial charge in [0, 0.05) is 12.3 Å². The number of benzene rings is 1. The van der Waals surface area contributed by atoms with Crippen LogP contribution in [0, 0.1) is 0 Å². The van der Waals surface area contributed by atoms with Crippen LogP contribution in [0.2, 0.25) is 0 Å². The Hall–Kier alpha value is -2.57. The molecule has 0 aliphatic rings. The summed E-state index contributed by atoms with van der Waals surface area (Å²) in [5.41, 5.74) is -0.958. The van der Waals surface area contributed by atoms with E-state index in [-0.39, 0.29) is 6.61 Å². The molecule has 0 aliphatic heterocycles. The second-order valence-corrected chi connectivity index (χ2v) is 4.53. The number of alkyl halides is 3. The quantitative estimate of drug-likeness (QED) is 0.816. The molecule has 0 fully saturated rings. The Morgan fingerprint density at radius 3 is 2.41 bits per heavy atom. The largest absolute Gasteiger partial charge is 0.459 e. The van der Waals surface area contributed by atoms with Crippen LogP contribution >= 0.6 is 0 Å². The summed E-state index contributed by atoms with van der Waals surface area (Å²) in [6, 6.07) is 10.3. The lowest BCUT2D eigenvalue weighted by Crippen LogP contribution is -2.26. The fraction of sp³-hybridized carbons (Fsp3) is 0.200. The SMILES string of the molecule is O=C(Cn1cc(C(F)(F)F)ccc1=O)OCc1ccccc1. The van der Waals surface area contributed by atoms with E-state index in [2.05, 4.69) is 0 Å². The predicted octanol–water partition coefficient (Wildman–Crippen LogP) is 2.61. The molecule has 0 amide bonds. The summed E-state index contributed by atoms with van der Waals surface area (Å²) in [6.45, 7) is -0.580. The molecule has 0 saturated carbocycles. The molecular formula is C15H12F3NO3. The van der Waals surface area contributed by atoms with Crippen molar-refractivity contribution in [3.05, 3.63) is 70.1 Å². The van der Waals surface area contributed by atoms with E-state index in [1.807, 2.05) is 0 Å². The zero-order valence-corrected chi connectivity index (χ0v) is 11.3. The minimum absolute atomic E-state index is 0.00656. The number of hydrogen-bond donors (Lipinski definition) is 0. The molecule has 0 saturated heterocycles. The van der Waals surface area contributed by atoms with Crippen LogP contribution in [0.4, 0.5) is 13.2 Å². The first-order valence-electron chi connectivity index (χ1n) is 6.33. The van der Waals surface area contributed by atoms with Crippen LogP contribution in [0.3, 0.4) is 0 Å². The van der Waals surface area contributed by atoms with Gasteiger partial charge < -0.3 is 9.30 Å². The number of aromatic nitrogens is 1. The molecule has 0 radical (unpaired) electrons. The van der Waals surface area contributed by atoms with Gasteiger partial charge in [0.15, 0.2) is 0 Å². The third-order valence-electron chi connectivity index (χ3n) is 2.85. The highest BCUT2D eigenvalue weighted by Gasteiger charge is 2.31. The number of halogens is 3. The molecule has 0 atom stereocenters. The molecule has 1 heterocycles. The van der Waals surface area contributed by atoms with Gasteiger partial charge in [-0.15, -0.1) is 0 Å². The zero-order valence-electron chi connectivity index (χ0n) is 11.3. The summed E-state index contributed by atoms with van der Waals surface area (Å²) in [5.74, 6) is -0.787. The van der Waals surface area contributed by atoms with E-state index in [9.17, 15) is 22.8 Å². The number of nitrogens with zero attached hydrogens (tertiary/aromatic N) is 1. The predicted molar refractivity (Wildman–Crippen MR) is 71.9 cm³/mol. The highest BCUT2D eigenvalue weighted by atomic mass is 19.4. The van der Waals surface area contributed by atoms with Crippen molar-refractivity contribution < 1.29 is 22.7 Å². The number of rotatable bonds is 4. The van der Waals surface area contributed by atoms with Gasteiger partial charge in [0.2, 0.25) is 0 Å². The minimum Gasteiger partial charge on any atom is -0.459 e. The Morgan fingerprint density at radius 1 is 1.09 bits per heavy atom. The van der Waals surface area contributed by atoms with Crippen LogP contribution in [-0.4, -0.2) is 10.5 Å². The average molecular weight is 311 g/mol. The molecule has 0 spiro atoms. The summed E-state index contributed by atoms with van der Waals surface area (Å²) < 4.78 is 43.3. The molecule has 0 unspecified atom stereocenters. The summed E-state index contributed by atoms with van der Waals surface area (Å²) in [7, 11) is 0. The maximum Gasteiger partial charge on any atom is 0.417 e. The lowest BCUT2D eigenvalue weighted by Gasteiger charge is -2.10. The number of hydrogen-bond acceptors (Lipinski definition) is 3. The smallest absolute Gasteiger partial charge is 0.417 e. The summed E-state index contributed by atoms with van der Waals surface area (Å²) in [5, 5.41) is 0. The van der Waals surface area contributed by atoms with Crippen molar-refractivity contribution in [2.24, 2.45) is 0 Å².